The van der Waals surface area contributed by atoms with Crippen LogP contribution in [0, 0.1) is 0 Å². The highest BCUT2D eigenvalue weighted by molar-refractivity contribution is 5.84. The van der Waals surface area contributed by atoms with E-state index < -0.39 is 0 Å². The summed E-state index contributed by atoms with van der Waals surface area (Å²) in [5.41, 5.74) is 2.31. The Morgan fingerprint density at radius 2 is 1.67 bits per heavy atom. The lowest BCUT2D eigenvalue weighted by Gasteiger charge is -2.29. The lowest BCUT2D eigenvalue weighted by atomic mass is 10.1. The average molecular weight is 405 g/mol. The first-order chi connectivity index (χ1) is 14.7. The van der Waals surface area contributed by atoms with Crippen molar-refractivity contribution in [2.24, 2.45) is 0 Å². The molecule has 1 saturated heterocycles. The highest BCUT2D eigenvalue weighted by atomic mass is 16.5. The van der Waals surface area contributed by atoms with Crippen LogP contribution >= 0.6 is 0 Å². The van der Waals surface area contributed by atoms with Crippen molar-refractivity contribution in [2.75, 3.05) is 19.7 Å². The topological polar surface area (TPSA) is 61.8 Å². The Hall–Kier alpha value is -2.89. The van der Waals surface area contributed by atoms with Crippen LogP contribution in [0.15, 0.2) is 66.7 Å². The Labute approximate surface area is 177 Å². The molecule has 1 aliphatic heterocycles. The number of aliphatic hydroxyl groups is 1. The molecule has 0 bridgehead atoms. The molecule has 5 nitrogen and oxygen atoms in total. The summed E-state index contributed by atoms with van der Waals surface area (Å²) in [7, 11) is 0. The number of carbonyl (C=O) groups is 1. The maximum atomic E-state index is 12.1. The first-order valence-corrected chi connectivity index (χ1v) is 10.5. The Kier molecular flexibility index (Phi) is 6.62. The second-order valence-corrected chi connectivity index (χ2v) is 7.90. The minimum absolute atomic E-state index is 0.00274. The highest BCUT2D eigenvalue weighted by Gasteiger charge is 2.16. The van der Waals surface area contributed by atoms with Gasteiger partial charge in [-0.2, -0.15) is 0 Å². The van der Waals surface area contributed by atoms with E-state index in [1.807, 2.05) is 42.5 Å². The molecule has 2 N–H and O–H groups in total. The van der Waals surface area contributed by atoms with Gasteiger partial charge in [0.2, 0.25) is 0 Å². The molecule has 30 heavy (non-hydrogen) atoms. The van der Waals surface area contributed by atoms with Gasteiger partial charge in [-0.3, -0.25) is 9.69 Å². The molecule has 0 saturated carbocycles. The molecular weight excluding hydrogens is 376 g/mol. The van der Waals surface area contributed by atoms with Crippen molar-refractivity contribution >= 4 is 16.7 Å². The van der Waals surface area contributed by atoms with E-state index in [0.29, 0.717) is 12.3 Å². The number of ether oxygens (including phenoxy) is 1. The molecule has 0 spiro atoms. The van der Waals surface area contributed by atoms with Crippen LogP contribution < -0.4 is 10.1 Å². The second kappa shape index (κ2) is 9.74. The summed E-state index contributed by atoms with van der Waals surface area (Å²) < 4.78 is 5.64. The van der Waals surface area contributed by atoms with Gasteiger partial charge in [-0.05, 0) is 46.9 Å². The molecule has 4 rings (SSSR count). The first kappa shape index (κ1) is 20.4. The van der Waals surface area contributed by atoms with Crippen LogP contribution in [0.25, 0.3) is 10.8 Å². The molecule has 1 fully saturated rings. The van der Waals surface area contributed by atoms with Crippen molar-refractivity contribution in [3.8, 4) is 5.75 Å². The normalized spacial score (nSPS) is 15.2. The van der Waals surface area contributed by atoms with Gasteiger partial charge in [0.05, 0.1) is 6.10 Å². The molecule has 0 aromatic heterocycles. The third-order valence-corrected chi connectivity index (χ3v) is 5.57. The van der Waals surface area contributed by atoms with Gasteiger partial charge in [-0.15, -0.1) is 0 Å². The van der Waals surface area contributed by atoms with Crippen molar-refractivity contribution in [1.29, 1.82) is 0 Å². The van der Waals surface area contributed by atoms with E-state index in [2.05, 4.69) is 34.5 Å². The third kappa shape index (κ3) is 5.59. The standard InChI is InChI=1S/C25H28N2O3/c28-23-11-13-27(14-12-23)17-20-7-5-19(6-8-20)16-26-25(29)18-30-24-10-9-21-3-1-2-4-22(21)15-24/h1-10,15,23,28H,11-14,16-18H2,(H,26,29). The summed E-state index contributed by atoms with van der Waals surface area (Å²) in [5.74, 6) is 0.553. The number of carbonyl (C=O) groups excluding carboxylic acids is 1. The lowest BCUT2D eigenvalue weighted by molar-refractivity contribution is -0.123. The van der Waals surface area contributed by atoms with Gasteiger partial charge < -0.3 is 15.2 Å². The summed E-state index contributed by atoms with van der Waals surface area (Å²) in [4.78, 5) is 14.5. The van der Waals surface area contributed by atoms with Crippen molar-refractivity contribution < 1.29 is 14.6 Å². The Morgan fingerprint density at radius 3 is 2.43 bits per heavy atom. The smallest absolute Gasteiger partial charge is 0.258 e. The van der Waals surface area contributed by atoms with E-state index in [9.17, 15) is 9.90 Å². The number of nitrogens with one attached hydrogen (secondary N) is 1. The van der Waals surface area contributed by atoms with Crippen molar-refractivity contribution in [2.45, 2.75) is 32.0 Å². The van der Waals surface area contributed by atoms with Crippen LogP contribution in [0.4, 0.5) is 0 Å². The zero-order valence-corrected chi connectivity index (χ0v) is 17.1. The fourth-order valence-corrected chi connectivity index (χ4v) is 3.76. The van der Waals surface area contributed by atoms with Crippen molar-refractivity contribution in [3.63, 3.8) is 0 Å². The molecule has 0 unspecified atom stereocenters. The molecule has 5 heteroatoms. The van der Waals surface area contributed by atoms with Crippen LogP contribution in [0.2, 0.25) is 0 Å². The minimum Gasteiger partial charge on any atom is -0.484 e. The number of piperidine rings is 1. The average Bonchev–Trinajstić information content (AvgIpc) is 2.78. The molecule has 0 radical (unpaired) electrons. The number of hydrogen-bond donors (Lipinski definition) is 2. The number of aliphatic hydroxyl groups excluding tert-OH is 1. The molecule has 0 atom stereocenters. The minimum atomic E-state index is -0.141. The Bertz CT molecular complexity index is 979. The number of benzene rings is 3. The molecule has 3 aromatic carbocycles. The monoisotopic (exact) mass is 404 g/mol. The van der Waals surface area contributed by atoms with Crippen molar-refractivity contribution in [1.82, 2.24) is 10.2 Å². The maximum Gasteiger partial charge on any atom is 0.258 e. The highest BCUT2D eigenvalue weighted by Crippen LogP contribution is 2.20. The third-order valence-electron chi connectivity index (χ3n) is 5.57. The quantitative estimate of drug-likeness (QED) is 0.633. The van der Waals surface area contributed by atoms with E-state index in [1.165, 1.54) is 5.56 Å². The van der Waals surface area contributed by atoms with Crippen molar-refractivity contribution in [3.05, 3.63) is 77.9 Å². The predicted octanol–water partition coefficient (Wildman–Crippen LogP) is 3.49. The van der Waals surface area contributed by atoms with Gasteiger partial charge in [-0.25, -0.2) is 0 Å². The van der Waals surface area contributed by atoms with Crippen LogP contribution in [-0.2, 0) is 17.9 Å². The zero-order valence-electron chi connectivity index (χ0n) is 17.1. The molecule has 0 aliphatic carbocycles. The summed E-state index contributed by atoms with van der Waals surface area (Å²) in [6, 6.07) is 22.2. The maximum absolute atomic E-state index is 12.1. The lowest BCUT2D eigenvalue weighted by Crippen LogP contribution is -2.35. The molecule has 156 valence electrons. The van der Waals surface area contributed by atoms with Gasteiger partial charge in [-0.1, -0.05) is 54.6 Å². The van der Waals surface area contributed by atoms with E-state index in [4.69, 9.17) is 4.74 Å². The van der Waals surface area contributed by atoms with Gasteiger partial charge >= 0.3 is 0 Å². The summed E-state index contributed by atoms with van der Waals surface area (Å²) >= 11 is 0. The van der Waals surface area contributed by atoms with Crippen LogP contribution in [0.3, 0.4) is 0 Å². The van der Waals surface area contributed by atoms with Crippen LogP contribution in [0.5, 0.6) is 5.75 Å². The largest absolute Gasteiger partial charge is 0.484 e. The van der Waals surface area contributed by atoms with E-state index >= 15 is 0 Å². The fraction of sp³-hybridized carbons (Fsp3) is 0.320. The van der Waals surface area contributed by atoms with Gasteiger partial charge in [0.25, 0.3) is 5.91 Å². The number of hydrogen-bond acceptors (Lipinski definition) is 4. The zero-order chi connectivity index (χ0) is 20.8. The number of nitrogens with zero attached hydrogens (tertiary/aromatic N) is 1. The van der Waals surface area contributed by atoms with E-state index in [1.54, 1.807) is 0 Å². The SMILES string of the molecule is O=C(COc1ccc2ccccc2c1)NCc1ccc(CN2CCC(O)CC2)cc1. The molecule has 3 aromatic rings. The second-order valence-electron chi connectivity index (χ2n) is 7.90. The number of amides is 1. The number of fused-ring (bicyclic) bond motifs is 1. The summed E-state index contributed by atoms with van der Waals surface area (Å²) in [5, 5.41) is 14.8. The Morgan fingerprint density at radius 1 is 0.967 bits per heavy atom. The van der Waals surface area contributed by atoms with Crippen LogP contribution in [0.1, 0.15) is 24.0 Å². The molecule has 1 heterocycles. The predicted molar refractivity (Wildman–Crippen MR) is 118 cm³/mol. The van der Waals surface area contributed by atoms with Gasteiger partial charge in [0.1, 0.15) is 5.75 Å². The molecule has 1 amide bonds. The fourth-order valence-electron chi connectivity index (χ4n) is 3.76. The number of likely N-dealkylation sites (tertiary alicyclic amines) is 1. The van der Waals surface area contributed by atoms with E-state index in [0.717, 1.165) is 48.8 Å². The van der Waals surface area contributed by atoms with Gasteiger partial charge in [0, 0.05) is 26.2 Å². The summed E-state index contributed by atoms with van der Waals surface area (Å²) in [6.45, 7) is 3.26. The van der Waals surface area contributed by atoms with Gasteiger partial charge in [0.15, 0.2) is 6.61 Å². The Balaban J connectivity index is 1.21. The van der Waals surface area contributed by atoms with E-state index in [-0.39, 0.29) is 18.6 Å². The molecular formula is C25H28N2O3. The van der Waals surface area contributed by atoms with Crippen LogP contribution in [-0.4, -0.2) is 41.7 Å². The summed E-state index contributed by atoms with van der Waals surface area (Å²) in [6.07, 6.45) is 1.56. The first-order valence-electron chi connectivity index (χ1n) is 10.5. The number of rotatable bonds is 7. The molecule has 1 aliphatic rings.